The molecule has 0 saturated carbocycles. The number of aromatic nitrogens is 1. The van der Waals surface area contributed by atoms with E-state index < -0.39 is 0 Å². The third-order valence-corrected chi connectivity index (χ3v) is 4.44. The zero-order chi connectivity index (χ0) is 15.0. The number of amides is 2. The molecule has 0 radical (unpaired) electrons. The summed E-state index contributed by atoms with van der Waals surface area (Å²) >= 11 is 1.46. The standard InChI is InChI=1S/C14H14N4O2S/c1-17(13(20)10-7-8-12(19)18(2)16-10)14-15-9-5-3-4-6-11(9)21-14/h3-6H,7-8H2,1-2H3. The summed E-state index contributed by atoms with van der Waals surface area (Å²) in [5.41, 5.74) is 1.26. The third-order valence-electron chi connectivity index (χ3n) is 3.33. The monoisotopic (exact) mass is 302 g/mol. The van der Waals surface area contributed by atoms with Gasteiger partial charge in [-0.05, 0) is 12.1 Å². The van der Waals surface area contributed by atoms with Gasteiger partial charge < -0.3 is 0 Å². The van der Waals surface area contributed by atoms with Crippen molar-refractivity contribution in [2.24, 2.45) is 5.10 Å². The molecule has 1 aromatic carbocycles. The van der Waals surface area contributed by atoms with Crippen molar-refractivity contribution in [1.82, 2.24) is 9.99 Å². The van der Waals surface area contributed by atoms with Gasteiger partial charge in [-0.15, -0.1) is 0 Å². The molecular formula is C14H14N4O2S. The summed E-state index contributed by atoms with van der Waals surface area (Å²) in [6.07, 6.45) is 0.687. The maximum absolute atomic E-state index is 12.5. The molecule has 0 saturated heterocycles. The zero-order valence-corrected chi connectivity index (χ0v) is 12.6. The first-order valence-electron chi connectivity index (χ1n) is 6.54. The molecule has 7 heteroatoms. The van der Waals surface area contributed by atoms with E-state index in [-0.39, 0.29) is 11.8 Å². The van der Waals surface area contributed by atoms with Crippen LogP contribution in [0, 0.1) is 0 Å². The minimum atomic E-state index is -0.214. The van der Waals surface area contributed by atoms with E-state index in [2.05, 4.69) is 10.1 Å². The number of nitrogens with zero attached hydrogens (tertiary/aromatic N) is 4. The van der Waals surface area contributed by atoms with Crippen molar-refractivity contribution in [1.29, 1.82) is 0 Å². The summed E-state index contributed by atoms with van der Waals surface area (Å²) in [6, 6.07) is 7.74. The minimum Gasteiger partial charge on any atom is -0.286 e. The average Bonchev–Trinajstić information content (AvgIpc) is 2.92. The number of hydrazone groups is 1. The summed E-state index contributed by atoms with van der Waals surface area (Å²) in [5.74, 6) is -0.289. The van der Waals surface area contributed by atoms with Gasteiger partial charge in [-0.25, -0.2) is 9.99 Å². The normalized spacial score (nSPS) is 15.2. The lowest BCUT2D eigenvalue weighted by Gasteiger charge is -2.21. The predicted molar refractivity (Wildman–Crippen MR) is 82.5 cm³/mol. The fourth-order valence-electron chi connectivity index (χ4n) is 2.11. The van der Waals surface area contributed by atoms with Gasteiger partial charge in [0.2, 0.25) is 5.91 Å². The summed E-state index contributed by atoms with van der Waals surface area (Å²) < 4.78 is 1.03. The van der Waals surface area contributed by atoms with E-state index in [9.17, 15) is 9.59 Å². The number of carbonyl (C=O) groups is 2. The van der Waals surface area contributed by atoms with E-state index in [4.69, 9.17) is 0 Å². The first kappa shape index (κ1) is 13.7. The van der Waals surface area contributed by atoms with Gasteiger partial charge in [-0.1, -0.05) is 23.5 Å². The highest BCUT2D eigenvalue weighted by molar-refractivity contribution is 7.22. The summed E-state index contributed by atoms with van der Waals surface area (Å²) in [4.78, 5) is 29.8. The zero-order valence-electron chi connectivity index (χ0n) is 11.7. The number of hydrogen-bond donors (Lipinski definition) is 0. The number of anilines is 1. The molecule has 1 aromatic heterocycles. The Balaban J connectivity index is 1.87. The molecule has 0 N–H and O–H groups in total. The van der Waals surface area contributed by atoms with E-state index in [1.54, 1.807) is 14.1 Å². The molecule has 108 valence electrons. The Labute approximate surface area is 125 Å². The van der Waals surface area contributed by atoms with Crippen LogP contribution in [0.3, 0.4) is 0 Å². The summed E-state index contributed by atoms with van der Waals surface area (Å²) in [5, 5.41) is 5.90. The fraction of sp³-hybridized carbons (Fsp3) is 0.286. The molecule has 0 aliphatic carbocycles. The molecule has 2 amide bonds. The molecular weight excluding hydrogens is 288 g/mol. The highest BCUT2D eigenvalue weighted by Gasteiger charge is 2.26. The molecule has 0 atom stereocenters. The number of thiazole rings is 1. The smallest absolute Gasteiger partial charge is 0.276 e. The van der Waals surface area contributed by atoms with E-state index in [0.29, 0.717) is 23.7 Å². The number of hydrogen-bond acceptors (Lipinski definition) is 5. The maximum Gasteiger partial charge on any atom is 0.276 e. The van der Waals surface area contributed by atoms with Crippen molar-refractivity contribution in [3.63, 3.8) is 0 Å². The molecule has 0 fully saturated rings. The molecule has 1 aliphatic rings. The lowest BCUT2D eigenvalue weighted by molar-refractivity contribution is -0.130. The van der Waals surface area contributed by atoms with Crippen LogP contribution in [0.2, 0.25) is 0 Å². The molecule has 2 heterocycles. The second-order valence-electron chi connectivity index (χ2n) is 4.79. The topological polar surface area (TPSA) is 65.9 Å². The van der Waals surface area contributed by atoms with Gasteiger partial charge in [0.05, 0.1) is 10.2 Å². The number of fused-ring (bicyclic) bond motifs is 1. The van der Waals surface area contributed by atoms with Gasteiger partial charge in [-0.2, -0.15) is 5.10 Å². The van der Waals surface area contributed by atoms with Crippen molar-refractivity contribution >= 4 is 44.2 Å². The third kappa shape index (κ3) is 2.52. The Morgan fingerprint density at radius 1 is 1.33 bits per heavy atom. The Bertz CT molecular complexity index is 719. The van der Waals surface area contributed by atoms with Crippen LogP contribution in [0.25, 0.3) is 10.2 Å². The lowest BCUT2D eigenvalue weighted by atomic mass is 10.1. The lowest BCUT2D eigenvalue weighted by Crippen LogP contribution is -2.38. The molecule has 0 unspecified atom stereocenters. The van der Waals surface area contributed by atoms with Crippen LogP contribution in [-0.2, 0) is 9.59 Å². The Kier molecular flexibility index (Phi) is 3.42. The first-order chi connectivity index (χ1) is 10.1. The molecule has 6 nitrogen and oxygen atoms in total. The number of carbonyl (C=O) groups excluding carboxylic acids is 2. The van der Waals surface area contributed by atoms with E-state index >= 15 is 0 Å². The maximum atomic E-state index is 12.5. The highest BCUT2D eigenvalue weighted by atomic mass is 32.1. The van der Waals surface area contributed by atoms with Crippen LogP contribution in [0.15, 0.2) is 29.4 Å². The Morgan fingerprint density at radius 2 is 2.10 bits per heavy atom. The van der Waals surface area contributed by atoms with Gasteiger partial charge in [0.25, 0.3) is 5.91 Å². The fourth-order valence-corrected chi connectivity index (χ4v) is 3.03. The van der Waals surface area contributed by atoms with Crippen molar-refractivity contribution < 1.29 is 9.59 Å². The van der Waals surface area contributed by atoms with Crippen LogP contribution in [0.1, 0.15) is 12.8 Å². The van der Waals surface area contributed by atoms with Crippen molar-refractivity contribution in [3.05, 3.63) is 24.3 Å². The predicted octanol–water partition coefficient (Wildman–Crippen LogP) is 1.87. The highest BCUT2D eigenvalue weighted by Crippen LogP contribution is 2.28. The van der Waals surface area contributed by atoms with Crippen LogP contribution >= 0.6 is 11.3 Å². The largest absolute Gasteiger partial charge is 0.286 e. The summed E-state index contributed by atoms with van der Waals surface area (Å²) in [6.45, 7) is 0. The Morgan fingerprint density at radius 3 is 2.81 bits per heavy atom. The molecule has 0 spiro atoms. The molecule has 2 aromatic rings. The SMILES string of the molecule is CN1N=C(C(=O)N(C)c2nc3ccccc3s2)CCC1=O. The number of benzene rings is 1. The number of rotatable bonds is 2. The van der Waals surface area contributed by atoms with Crippen molar-refractivity contribution in [3.8, 4) is 0 Å². The average molecular weight is 302 g/mol. The summed E-state index contributed by atoms with van der Waals surface area (Å²) in [7, 11) is 3.24. The van der Waals surface area contributed by atoms with Crippen molar-refractivity contribution in [2.75, 3.05) is 19.0 Å². The van der Waals surface area contributed by atoms with Crippen LogP contribution in [0.4, 0.5) is 5.13 Å². The van der Waals surface area contributed by atoms with Gasteiger partial charge in [-0.3, -0.25) is 14.5 Å². The van der Waals surface area contributed by atoms with Gasteiger partial charge in [0.15, 0.2) is 5.13 Å². The van der Waals surface area contributed by atoms with E-state index in [1.165, 1.54) is 21.2 Å². The van der Waals surface area contributed by atoms with Crippen molar-refractivity contribution in [2.45, 2.75) is 12.8 Å². The Hall–Kier alpha value is -2.28. The number of para-hydroxylation sites is 1. The molecule has 0 bridgehead atoms. The molecule has 3 rings (SSSR count). The van der Waals surface area contributed by atoms with E-state index in [1.807, 2.05) is 24.3 Å². The van der Waals surface area contributed by atoms with Gasteiger partial charge in [0, 0.05) is 26.9 Å². The van der Waals surface area contributed by atoms with Crippen LogP contribution < -0.4 is 4.90 Å². The minimum absolute atomic E-state index is 0.0748. The second kappa shape index (κ2) is 5.25. The van der Waals surface area contributed by atoms with E-state index in [0.717, 1.165) is 10.2 Å². The molecule has 1 aliphatic heterocycles. The molecule has 21 heavy (non-hydrogen) atoms. The van der Waals surface area contributed by atoms with Gasteiger partial charge in [0.1, 0.15) is 5.71 Å². The quantitative estimate of drug-likeness (QED) is 0.850. The second-order valence-corrected chi connectivity index (χ2v) is 5.80. The first-order valence-corrected chi connectivity index (χ1v) is 7.35. The van der Waals surface area contributed by atoms with Crippen LogP contribution in [-0.4, -0.2) is 41.6 Å². The van der Waals surface area contributed by atoms with Crippen LogP contribution in [0.5, 0.6) is 0 Å². The van der Waals surface area contributed by atoms with Gasteiger partial charge >= 0.3 is 0 Å².